The van der Waals surface area contributed by atoms with E-state index in [0.29, 0.717) is 31.7 Å². The first-order valence-electron chi connectivity index (χ1n) is 8.77. The van der Waals surface area contributed by atoms with Crippen molar-refractivity contribution in [1.82, 2.24) is 4.90 Å². The Bertz CT molecular complexity index is 682. The SMILES string of the molecule is CC[C@H](O)c1ccc(-c2cccc(C(=O)N(CC)CCOC)c2)cc1. The second kappa shape index (κ2) is 9.35. The molecule has 2 aromatic rings. The number of rotatable bonds is 8. The predicted molar refractivity (Wildman–Crippen MR) is 101 cm³/mol. The largest absolute Gasteiger partial charge is 0.388 e. The van der Waals surface area contributed by atoms with Crippen molar-refractivity contribution >= 4 is 5.91 Å². The Balaban J connectivity index is 2.21. The van der Waals surface area contributed by atoms with Crippen molar-refractivity contribution in [2.45, 2.75) is 26.4 Å². The molecule has 0 radical (unpaired) electrons. The highest BCUT2D eigenvalue weighted by Gasteiger charge is 2.14. The second-order valence-electron chi connectivity index (χ2n) is 6.00. The van der Waals surface area contributed by atoms with Gasteiger partial charge in [-0.05, 0) is 42.2 Å². The van der Waals surface area contributed by atoms with Crippen LogP contribution in [-0.4, -0.2) is 42.7 Å². The van der Waals surface area contributed by atoms with E-state index >= 15 is 0 Å². The fraction of sp³-hybridized carbons (Fsp3) is 0.381. The molecule has 134 valence electrons. The highest BCUT2D eigenvalue weighted by molar-refractivity contribution is 5.95. The summed E-state index contributed by atoms with van der Waals surface area (Å²) >= 11 is 0. The molecule has 4 heteroatoms. The van der Waals surface area contributed by atoms with Gasteiger partial charge in [-0.25, -0.2) is 0 Å². The summed E-state index contributed by atoms with van der Waals surface area (Å²) in [5.41, 5.74) is 3.61. The predicted octanol–water partition coefficient (Wildman–Crippen LogP) is 3.91. The van der Waals surface area contributed by atoms with Crippen molar-refractivity contribution < 1.29 is 14.6 Å². The molecule has 0 bridgehead atoms. The summed E-state index contributed by atoms with van der Waals surface area (Å²) in [5, 5.41) is 9.91. The Morgan fingerprint density at radius 3 is 2.44 bits per heavy atom. The van der Waals surface area contributed by atoms with Gasteiger partial charge in [0.05, 0.1) is 12.7 Å². The maximum atomic E-state index is 12.7. The number of aliphatic hydroxyl groups excluding tert-OH is 1. The molecule has 0 fully saturated rings. The molecule has 0 spiro atoms. The molecule has 1 atom stereocenters. The summed E-state index contributed by atoms with van der Waals surface area (Å²) in [7, 11) is 1.64. The van der Waals surface area contributed by atoms with Crippen LogP contribution in [0.25, 0.3) is 11.1 Å². The minimum atomic E-state index is -0.430. The van der Waals surface area contributed by atoms with Crippen molar-refractivity contribution in [2.24, 2.45) is 0 Å². The summed E-state index contributed by atoms with van der Waals surface area (Å²) in [6.07, 6.45) is 0.262. The second-order valence-corrected chi connectivity index (χ2v) is 6.00. The number of carbonyl (C=O) groups excluding carboxylic acids is 1. The number of amides is 1. The standard InChI is InChI=1S/C21H27NO3/c1-4-20(23)17-11-9-16(10-12-17)18-7-6-8-19(15-18)21(24)22(5-2)13-14-25-3/h6-12,15,20,23H,4-5,13-14H2,1-3H3/t20-/m0/s1. The van der Waals surface area contributed by atoms with E-state index < -0.39 is 6.10 Å². The van der Waals surface area contributed by atoms with Crippen molar-refractivity contribution in [2.75, 3.05) is 26.8 Å². The van der Waals surface area contributed by atoms with E-state index in [1.807, 2.05) is 62.4 Å². The zero-order valence-corrected chi connectivity index (χ0v) is 15.2. The Kier molecular flexibility index (Phi) is 7.16. The van der Waals surface area contributed by atoms with Gasteiger partial charge in [0.15, 0.2) is 0 Å². The third-order valence-electron chi connectivity index (χ3n) is 4.36. The van der Waals surface area contributed by atoms with Crippen LogP contribution >= 0.6 is 0 Å². The van der Waals surface area contributed by atoms with Gasteiger partial charge in [-0.3, -0.25) is 4.79 Å². The molecule has 4 nitrogen and oxygen atoms in total. The maximum Gasteiger partial charge on any atom is 0.253 e. The molecule has 0 heterocycles. The zero-order valence-electron chi connectivity index (χ0n) is 15.2. The van der Waals surface area contributed by atoms with Gasteiger partial charge in [0.2, 0.25) is 0 Å². The number of hydrogen-bond acceptors (Lipinski definition) is 3. The number of benzene rings is 2. The lowest BCUT2D eigenvalue weighted by Gasteiger charge is -2.20. The molecular weight excluding hydrogens is 314 g/mol. The van der Waals surface area contributed by atoms with Gasteiger partial charge >= 0.3 is 0 Å². The minimum absolute atomic E-state index is 0.0134. The first-order valence-corrected chi connectivity index (χ1v) is 8.77. The van der Waals surface area contributed by atoms with Crippen molar-refractivity contribution in [3.05, 3.63) is 59.7 Å². The van der Waals surface area contributed by atoms with Gasteiger partial charge in [0.25, 0.3) is 5.91 Å². The average Bonchev–Trinajstić information content (AvgIpc) is 2.68. The van der Waals surface area contributed by atoms with Crippen LogP contribution < -0.4 is 0 Å². The Hall–Kier alpha value is -2.17. The molecule has 0 unspecified atom stereocenters. The van der Waals surface area contributed by atoms with Gasteiger partial charge in [-0.1, -0.05) is 43.3 Å². The quantitative estimate of drug-likeness (QED) is 0.792. The molecule has 0 saturated heterocycles. The molecule has 1 N–H and O–H groups in total. The highest BCUT2D eigenvalue weighted by Crippen LogP contribution is 2.24. The van der Waals surface area contributed by atoms with E-state index in [1.54, 1.807) is 12.0 Å². The van der Waals surface area contributed by atoms with Crippen LogP contribution in [0.2, 0.25) is 0 Å². The highest BCUT2D eigenvalue weighted by atomic mass is 16.5. The van der Waals surface area contributed by atoms with Crippen LogP contribution in [0.15, 0.2) is 48.5 Å². The molecule has 25 heavy (non-hydrogen) atoms. The summed E-state index contributed by atoms with van der Waals surface area (Å²) in [6, 6.07) is 15.5. The lowest BCUT2D eigenvalue weighted by molar-refractivity contribution is 0.0706. The Morgan fingerprint density at radius 2 is 1.84 bits per heavy atom. The summed E-state index contributed by atoms with van der Waals surface area (Å²) in [5.74, 6) is 0.0134. The smallest absolute Gasteiger partial charge is 0.253 e. The van der Waals surface area contributed by atoms with Crippen LogP contribution in [0.1, 0.15) is 42.3 Å². The summed E-state index contributed by atoms with van der Waals surface area (Å²) in [6.45, 7) is 5.68. The number of likely N-dealkylation sites (N-methyl/N-ethyl adjacent to an activating group) is 1. The minimum Gasteiger partial charge on any atom is -0.388 e. The Morgan fingerprint density at radius 1 is 1.12 bits per heavy atom. The van der Waals surface area contributed by atoms with E-state index in [4.69, 9.17) is 4.74 Å². The number of ether oxygens (including phenoxy) is 1. The number of hydrogen-bond donors (Lipinski definition) is 1. The van der Waals surface area contributed by atoms with Crippen molar-refractivity contribution in [3.63, 3.8) is 0 Å². The van der Waals surface area contributed by atoms with E-state index in [1.165, 1.54) is 0 Å². The molecule has 0 aliphatic rings. The third kappa shape index (κ3) is 4.91. The van der Waals surface area contributed by atoms with Crippen LogP contribution in [0.4, 0.5) is 0 Å². The topological polar surface area (TPSA) is 49.8 Å². The molecule has 0 saturated carbocycles. The van der Waals surface area contributed by atoms with Gasteiger partial charge in [-0.2, -0.15) is 0 Å². The van der Waals surface area contributed by atoms with E-state index in [-0.39, 0.29) is 5.91 Å². The van der Waals surface area contributed by atoms with Gasteiger partial charge in [-0.15, -0.1) is 0 Å². The average molecular weight is 341 g/mol. The van der Waals surface area contributed by atoms with E-state index in [2.05, 4.69) is 0 Å². The summed E-state index contributed by atoms with van der Waals surface area (Å²) < 4.78 is 5.08. The molecule has 2 aromatic carbocycles. The Labute approximate surface area is 150 Å². The number of nitrogens with zero attached hydrogens (tertiary/aromatic N) is 1. The van der Waals surface area contributed by atoms with Gasteiger partial charge in [0, 0.05) is 25.8 Å². The molecule has 0 aromatic heterocycles. The molecule has 0 aliphatic carbocycles. The van der Waals surface area contributed by atoms with E-state index in [9.17, 15) is 9.90 Å². The number of carbonyl (C=O) groups is 1. The van der Waals surface area contributed by atoms with Crippen LogP contribution in [0, 0.1) is 0 Å². The van der Waals surface area contributed by atoms with E-state index in [0.717, 1.165) is 16.7 Å². The zero-order chi connectivity index (χ0) is 18.2. The molecule has 1 amide bonds. The number of aliphatic hydroxyl groups is 1. The molecule has 2 rings (SSSR count). The van der Waals surface area contributed by atoms with Crippen molar-refractivity contribution in [3.8, 4) is 11.1 Å². The fourth-order valence-electron chi connectivity index (χ4n) is 2.75. The third-order valence-corrected chi connectivity index (χ3v) is 4.36. The maximum absolute atomic E-state index is 12.7. The van der Waals surface area contributed by atoms with Crippen LogP contribution in [0.3, 0.4) is 0 Å². The lowest BCUT2D eigenvalue weighted by atomic mass is 9.99. The van der Waals surface area contributed by atoms with Crippen LogP contribution in [-0.2, 0) is 4.74 Å². The fourth-order valence-corrected chi connectivity index (χ4v) is 2.75. The van der Waals surface area contributed by atoms with Gasteiger partial charge in [0.1, 0.15) is 0 Å². The van der Waals surface area contributed by atoms with Gasteiger partial charge < -0.3 is 14.7 Å². The number of methoxy groups -OCH3 is 1. The van der Waals surface area contributed by atoms with Crippen molar-refractivity contribution in [1.29, 1.82) is 0 Å². The first-order chi connectivity index (χ1) is 12.1. The summed E-state index contributed by atoms with van der Waals surface area (Å²) in [4.78, 5) is 14.5. The van der Waals surface area contributed by atoms with Crippen LogP contribution in [0.5, 0.6) is 0 Å². The lowest BCUT2D eigenvalue weighted by Crippen LogP contribution is -2.33. The first kappa shape index (κ1) is 19.2. The normalized spacial score (nSPS) is 12.0. The molecule has 0 aliphatic heterocycles. The monoisotopic (exact) mass is 341 g/mol. The molecular formula is C21H27NO3.